The first kappa shape index (κ1) is 22.4. The van der Waals surface area contributed by atoms with Crippen LogP contribution >= 0.6 is 24.0 Å². The molecule has 0 spiro atoms. The summed E-state index contributed by atoms with van der Waals surface area (Å²) in [6, 6.07) is 8.15. The summed E-state index contributed by atoms with van der Waals surface area (Å²) in [6.07, 6.45) is 2.46. The summed E-state index contributed by atoms with van der Waals surface area (Å²) >= 11 is 0. The lowest BCUT2D eigenvalue weighted by atomic mass is 10.1. The van der Waals surface area contributed by atoms with Crippen LogP contribution < -0.4 is 10.6 Å². The molecular formula is C19H29IN4O2. The van der Waals surface area contributed by atoms with Crippen molar-refractivity contribution in [2.75, 3.05) is 27.2 Å². The summed E-state index contributed by atoms with van der Waals surface area (Å²) in [5, 5.41) is 6.53. The van der Waals surface area contributed by atoms with E-state index in [4.69, 9.17) is 9.15 Å². The van der Waals surface area contributed by atoms with Crippen LogP contribution in [0.1, 0.15) is 25.1 Å². The van der Waals surface area contributed by atoms with Gasteiger partial charge in [-0.2, -0.15) is 0 Å². The molecule has 144 valence electrons. The molecule has 2 aromatic rings. The summed E-state index contributed by atoms with van der Waals surface area (Å²) in [6.45, 7) is 7.49. The second-order valence-electron chi connectivity index (χ2n) is 6.58. The third-order valence-electron chi connectivity index (χ3n) is 3.98. The highest BCUT2D eigenvalue weighted by Crippen LogP contribution is 2.19. The van der Waals surface area contributed by atoms with E-state index in [1.165, 1.54) is 5.56 Å². The van der Waals surface area contributed by atoms with Crippen molar-refractivity contribution in [1.82, 2.24) is 15.6 Å². The second kappa shape index (κ2) is 10.5. The fraction of sp³-hybridized carbons (Fsp3) is 0.474. The van der Waals surface area contributed by atoms with Crippen LogP contribution in [0.5, 0.6) is 0 Å². The van der Waals surface area contributed by atoms with Gasteiger partial charge in [-0.15, -0.1) is 24.0 Å². The first-order valence-corrected chi connectivity index (χ1v) is 8.44. The number of ether oxygens (including phenoxy) is 1. The van der Waals surface area contributed by atoms with Gasteiger partial charge in [0, 0.05) is 39.2 Å². The molecule has 1 aromatic heterocycles. The maximum atomic E-state index is 5.58. The third-order valence-corrected chi connectivity index (χ3v) is 3.98. The molecule has 2 N–H and O–H groups in total. The van der Waals surface area contributed by atoms with Crippen molar-refractivity contribution in [3.8, 4) is 11.5 Å². The van der Waals surface area contributed by atoms with Gasteiger partial charge in [-0.25, -0.2) is 4.98 Å². The summed E-state index contributed by atoms with van der Waals surface area (Å²) in [4.78, 5) is 8.76. The smallest absolute Gasteiger partial charge is 0.226 e. The van der Waals surface area contributed by atoms with Crippen LogP contribution in [0.2, 0.25) is 0 Å². The number of nitrogens with one attached hydrogen (secondary N) is 2. The van der Waals surface area contributed by atoms with E-state index in [1.807, 2.05) is 26.0 Å². The zero-order valence-corrected chi connectivity index (χ0v) is 18.5. The Morgan fingerprint density at radius 2 is 1.92 bits per heavy atom. The molecule has 0 bridgehead atoms. The molecule has 26 heavy (non-hydrogen) atoms. The third kappa shape index (κ3) is 6.95. The van der Waals surface area contributed by atoms with Crippen LogP contribution in [-0.4, -0.2) is 43.8 Å². The first-order chi connectivity index (χ1) is 11.9. The number of aromatic nitrogens is 1. The number of oxazole rings is 1. The van der Waals surface area contributed by atoms with Gasteiger partial charge in [0.25, 0.3) is 0 Å². The Kier molecular flexibility index (Phi) is 9.07. The highest BCUT2D eigenvalue weighted by Gasteiger charge is 2.16. The molecule has 7 heteroatoms. The van der Waals surface area contributed by atoms with Crippen molar-refractivity contribution < 1.29 is 9.15 Å². The van der Waals surface area contributed by atoms with Crippen molar-refractivity contribution in [3.63, 3.8) is 0 Å². The molecule has 6 nitrogen and oxygen atoms in total. The molecule has 0 saturated carbocycles. The molecule has 0 atom stereocenters. The predicted octanol–water partition coefficient (Wildman–Crippen LogP) is 3.40. The summed E-state index contributed by atoms with van der Waals surface area (Å²) in [5.41, 5.74) is 2.88. The van der Waals surface area contributed by atoms with Crippen molar-refractivity contribution >= 4 is 29.9 Å². The Balaban J connectivity index is 0.00000338. The van der Waals surface area contributed by atoms with Crippen LogP contribution in [0.4, 0.5) is 0 Å². The maximum Gasteiger partial charge on any atom is 0.226 e. The molecular weight excluding hydrogens is 443 g/mol. The van der Waals surface area contributed by atoms with Gasteiger partial charge in [-0.05, 0) is 32.9 Å². The van der Waals surface area contributed by atoms with E-state index in [2.05, 4.69) is 39.7 Å². The highest BCUT2D eigenvalue weighted by molar-refractivity contribution is 14.0. The van der Waals surface area contributed by atoms with Gasteiger partial charge in [0.1, 0.15) is 6.26 Å². The Bertz CT molecular complexity index is 696. The monoisotopic (exact) mass is 472 g/mol. The number of rotatable bonds is 7. The fourth-order valence-electron chi connectivity index (χ4n) is 2.15. The van der Waals surface area contributed by atoms with Crippen molar-refractivity contribution in [3.05, 3.63) is 41.8 Å². The number of methoxy groups -OCH3 is 1. The molecule has 0 aliphatic carbocycles. The molecule has 0 amide bonds. The SMILES string of the molecule is CN=C(NCCc1coc(-c2ccc(C)cc2)n1)NCC(C)(C)OC.I. The molecule has 2 rings (SSSR count). The van der Waals surface area contributed by atoms with Crippen molar-refractivity contribution in [2.45, 2.75) is 32.8 Å². The van der Waals surface area contributed by atoms with Crippen molar-refractivity contribution in [2.24, 2.45) is 4.99 Å². The predicted molar refractivity (Wildman–Crippen MR) is 116 cm³/mol. The minimum Gasteiger partial charge on any atom is -0.444 e. The van der Waals surface area contributed by atoms with Gasteiger partial charge < -0.3 is 19.8 Å². The number of nitrogens with zero attached hydrogens (tertiary/aromatic N) is 2. The van der Waals surface area contributed by atoms with E-state index in [9.17, 15) is 0 Å². The summed E-state index contributed by atoms with van der Waals surface area (Å²) < 4.78 is 11.0. The normalized spacial score (nSPS) is 11.8. The van der Waals surface area contributed by atoms with Gasteiger partial charge in [-0.1, -0.05) is 17.7 Å². The van der Waals surface area contributed by atoms with Gasteiger partial charge in [0.15, 0.2) is 5.96 Å². The standard InChI is InChI=1S/C19H28N4O2.HI/c1-14-6-8-15(9-7-14)17-23-16(12-25-17)10-11-21-18(20-4)22-13-19(2,3)24-5;/h6-9,12H,10-11,13H2,1-5H3,(H2,20,21,22);1H. The molecule has 0 aliphatic rings. The molecule has 1 aromatic carbocycles. The average molecular weight is 472 g/mol. The van der Waals surface area contributed by atoms with Crippen LogP contribution in [0.15, 0.2) is 39.9 Å². The number of benzene rings is 1. The fourth-order valence-corrected chi connectivity index (χ4v) is 2.15. The largest absolute Gasteiger partial charge is 0.444 e. The quantitative estimate of drug-likeness (QED) is 0.367. The van der Waals surface area contributed by atoms with E-state index >= 15 is 0 Å². The lowest BCUT2D eigenvalue weighted by molar-refractivity contribution is 0.0268. The van der Waals surface area contributed by atoms with E-state index in [0.29, 0.717) is 19.0 Å². The zero-order chi connectivity index (χ0) is 18.3. The maximum absolute atomic E-state index is 5.58. The Morgan fingerprint density at radius 1 is 1.23 bits per heavy atom. The number of guanidine groups is 1. The van der Waals surface area contributed by atoms with E-state index in [-0.39, 0.29) is 29.6 Å². The number of aryl methyl sites for hydroxylation is 1. The number of aliphatic imine (C=N–C) groups is 1. The Morgan fingerprint density at radius 3 is 2.54 bits per heavy atom. The first-order valence-electron chi connectivity index (χ1n) is 8.44. The molecule has 0 radical (unpaired) electrons. The molecule has 0 aliphatic heterocycles. The van der Waals surface area contributed by atoms with Gasteiger partial charge in [-0.3, -0.25) is 4.99 Å². The molecule has 1 heterocycles. The van der Waals surface area contributed by atoms with E-state index < -0.39 is 0 Å². The van der Waals surface area contributed by atoms with Gasteiger partial charge in [0.05, 0.1) is 11.3 Å². The lowest BCUT2D eigenvalue weighted by Crippen LogP contribution is -2.45. The number of hydrogen-bond donors (Lipinski definition) is 2. The minimum absolute atomic E-state index is 0. The molecule has 0 unspecified atom stereocenters. The van der Waals surface area contributed by atoms with Crippen molar-refractivity contribution in [1.29, 1.82) is 0 Å². The molecule has 0 fully saturated rings. The number of hydrogen-bond acceptors (Lipinski definition) is 4. The van der Waals surface area contributed by atoms with Crippen LogP contribution in [0.3, 0.4) is 0 Å². The van der Waals surface area contributed by atoms with E-state index in [0.717, 1.165) is 23.6 Å². The topological polar surface area (TPSA) is 71.7 Å². The van der Waals surface area contributed by atoms with Crippen LogP contribution in [-0.2, 0) is 11.2 Å². The zero-order valence-electron chi connectivity index (χ0n) is 16.1. The minimum atomic E-state index is -0.243. The van der Waals surface area contributed by atoms with Gasteiger partial charge in [0.2, 0.25) is 5.89 Å². The Hall–Kier alpha value is -1.61. The van der Waals surface area contributed by atoms with Crippen LogP contribution in [0, 0.1) is 6.92 Å². The number of halogens is 1. The lowest BCUT2D eigenvalue weighted by Gasteiger charge is -2.24. The van der Waals surface area contributed by atoms with Gasteiger partial charge >= 0.3 is 0 Å². The second-order valence-corrected chi connectivity index (χ2v) is 6.58. The summed E-state index contributed by atoms with van der Waals surface area (Å²) in [7, 11) is 3.45. The van der Waals surface area contributed by atoms with Crippen LogP contribution in [0.25, 0.3) is 11.5 Å². The highest BCUT2D eigenvalue weighted by atomic mass is 127. The molecule has 0 saturated heterocycles. The summed E-state index contributed by atoms with van der Waals surface area (Å²) in [5.74, 6) is 1.40. The Labute approximate surface area is 172 Å². The van der Waals surface area contributed by atoms with E-state index in [1.54, 1.807) is 20.4 Å². The average Bonchev–Trinajstić information content (AvgIpc) is 3.07.